The van der Waals surface area contributed by atoms with Crippen LogP contribution in [-0.2, 0) is 15.0 Å². The lowest BCUT2D eigenvalue weighted by atomic mass is 9.62. The molecule has 1 aromatic carbocycles. The summed E-state index contributed by atoms with van der Waals surface area (Å²) in [6.45, 7) is 0. The summed E-state index contributed by atoms with van der Waals surface area (Å²) in [5.41, 5.74) is 2.91. The van der Waals surface area contributed by atoms with E-state index in [0.29, 0.717) is 12.8 Å². The number of nitrogens with zero attached hydrogens (tertiary/aromatic N) is 2. The smallest absolute Gasteiger partial charge is 0.268 e. The number of hydrogen-bond acceptors (Lipinski definition) is 4. The molecule has 1 aliphatic heterocycles. The molecule has 0 radical (unpaired) electrons. The molecule has 3 rings (SSSR count). The van der Waals surface area contributed by atoms with Crippen molar-refractivity contribution in [3.8, 4) is 6.07 Å². The number of benzene rings is 1. The molecule has 1 aliphatic carbocycles. The third-order valence-corrected chi connectivity index (χ3v) is 3.97. The summed E-state index contributed by atoms with van der Waals surface area (Å²) < 4.78 is 0. The maximum absolute atomic E-state index is 11.9. The van der Waals surface area contributed by atoms with Gasteiger partial charge in [-0.2, -0.15) is 10.4 Å². The van der Waals surface area contributed by atoms with Gasteiger partial charge in [0.25, 0.3) is 5.91 Å². The normalized spacial score (nSPS) is 27.1. The first-order valence-electron chi connectivity index (χ1n) is 6.76. The Labute approximate surface area is 121 Å². The van der Waals surface area contributed by atoms with E-state index < -0.39 is 5.41 Å². The average Bonchev–Trinajstić information content (AvgIpc) is 2.90. The van der Waals surface area contributed by atoms with Gasteiger partial charge in [0.15, 0.2) is 0 Å². The van der Waals surface area contributed by atoms with Crippen molar-refractivity contribution in [2.24, 2.45) is 5.10 Å². The van der Waals surface area contributed by atoms with Gasteiger partial charge < -0.3 is 5.32 Å². The predicted octanol–water partition coefficient (Wildman–Crippen LogP) is 0.602. The molecule has 2 N–H and O–H groups in total. The molecule has 6 heteroatoms. The van der Waals surface area contributed by atoms with E-state index >= 15 is 0 Å². The molecular formula is C15H14N4O2. The van der Waals surface area contributed by atoms with Crippen LogP contribution in [0.4, 0.5) is 0 Å². The first-order chi connectivity index (χ1) is 10.1. The quantitative estimate of drug-likeness (QED) is 0.850. The second kappa shape index (κ2) is 5.02. The van der Waals surface area contributed by atoms with Gasteiger partial charge in [-0.3, -0.25) is 9.59 Å². The summed E-state index contributed by atoms with van der Waals surface area (Å²) in [6.07, 6.45) is 1.17. The highest BCUT2D eigenvalue weighted by Gasteiger charge is 2.47. The van der Waals surface area contributed by atoms with Crippen LogP contribution in [-0.4, -0.2) is 23.6 Å². The van der Waals surface area contributed by atoms with Crippen molar-refractivity contribution in [1.29, 1.82) is 5.26 Å². The van der Waals surface area contributed by atoms with Gasteiger partial charge in [-0.1, -0.05) is 30.3 Å². The van der Waals surface area contributed by atoms with Crippen LogP contribution in [0.2, 0.25) is 0 Å². The molecule has 1 saturated carbocycles. The van der Waals surface area contributed by atoms with Gasteiger partial charge in [0.2, 0.25) is 5.91 Å². The Balaban J connectivity index is 1.61. The lowest BCUT2D eigenvalue weighted by Gasteiger charge is -2.43. The fourth-order valence-electron chi connectivity index (χ4n) is 2.79. The number of rotatable bonds is 3. The molecule has 0 saturated heterocycles. The van der Waals surface area contributed by atoms with Gasteiger partial charge in [-0.05, 0) is 18.4 Å². The number of nitrogens with one attached hydrogen (secondary N) is 2. The molecule has 106 valence electrons. The van der Waals surface area contributed by atoms with E-state index in [4.69, 9.17) is 0 Å². The fourth-order valence-corrected chi connectivity index (χ4v) is 2.79. The van der Waals surface area contributed by atoms with Crippen LogP contribution in [0.5, 0.6) is 0 Å². The Morgan fingerprint density at radius 1 is 1.38 bits per heavy atom. The number of amides is 2. The molecule has 0 unspecified atom stereocenters. The molecule has 0 atom stereocenters. The first-order valence-corrected chi connectivity index (χ1v) is 6.76. The van der Waals surface area contributed by atoms with Gasteiger partial charge in [-0.15, -0.1) is 0 Å². The highest BCUT2D eigenvalue weighted by Crippen LogP contribution is 2.43. The second-order valence-electron chi connectivity index (χ2n) is 5.41. The minimum absolute atomic E-state index is 0.0145. The minimum Gasteiger partial charge on any atom is -0.348 e. The summed E-state index contributed by atoms with van der Waals surface area (Å²) in [5.74, 6) is -0.609. The van der Waals surface area contributed by atoms with Crippen molar-refractivity contribution in [2.45, 2.75) is 30.7 Å². The summed E-state index contributed by atoms with van der Waals surface area (Å²) in [6, 6.07) is 11.9. The zero-order chi connectivity index (χ0) is 14.9. The van der Waals surface area contributed by atoms with Crippen LogP contribution >= 0.6 is 0 Å². The van der Waals surface area contributed by atoms with Crippen LogP contribution in [0.15, 0.2) is 35.4 Å². The van der Waals surface area contributed by atoms with Crippen LogP contribution < -0.4 is 10.7 Å². The Kier molecular flexibility index (Phi) is 3.18. The third kappa shape index (κ3) is 2.38. The zero-order valence-electron chi connectivity index (χ0n) is 11.3. The lowest BCUT2D eigenvalue weighted by molar-refractivity contribution is -0.120. The Bertz CT molecular complexity index is 654. The van der Waals surface area contributed by atoms with Crippen LogP contribution in [0.3, 0.4) is 0 Å². The van der Waals surface area contributed by atoms with E-state index in [-0.39, 0.29) is 30.0 Å². The van der Waals surface area contributed by atoms with Gasteiger partial charge in [0.05, 0.1) is 17.9 Å². The fraction of sp³-hybridized carbons (Fsp3) is 0.333. The van der Waals surface area contributed by atoms with Crippen molar-refractivity contribution in [3.05, 3.63) is 35.9 Å². The number of carbonyl (C=O) groups is 2. The van der Waals surface area contributed by atoms with Crippen LogP contribution in [0.1, 0.15) is 24.8 Å². The minimum atomic E-state index is -0.523. The van der Waals surface area contributed by atoms with Crippen molar-refractivity contribution in [3.63, 3.8) is 0 Å². The molecule has 0 spiro atoms. The molecule has 1 aromatic rings. The molecule has 2 aliphatic rings. The molecular weight excluding hydrogens is 268 g/mol. The monoisotopic (exact) mass is 282 g/mol. The van der Waals surface area contributed by atoms with Gasteiger partial charge in [-0.25, -0.2) is 5.43 Å². The summed E-state index contributed by atoms with van der Waals surface area (Å²) >= 11 is 0. The predicted molar refractivity (Wildman–Crippen MR) is 75.1 cm³/mol. The van der Waals surface area contributed by atoms with Crippen molar-refractivity contribution in [2.75, 3.05) is 0 Å². The number of carbonyl (C=O) groups excluding carboxylic acids is 2. The Hall–Kier alpha value is -2.68. The summed E-state index contributed by atoms with van der Waals surface area (Å²) in [4.78, 5) is 22.9. The Morgan fingerprint density at radius 3 is 2.67 bits per heavy atom. The van der Waals surface area contributed by atoms with Gasteiger partial charge in [0.1, 0.15) is 5.71 Å². The number of nitriles is 1. The van der Waals surface area contributed by atoms with E-state index in [9.17, 15) is 14.9 Å². The lowest BCUT2D eigenvalue weighted by Crippen LogP contribution is -2.53. The topological polar surface area (TPSA) is 94.3 Å². The molecule has 6 nitrogen and oxygen atoms in total. The Morgan fingerprint density at radius 2 is 2.10 bits per heavy atom. The number of hydrogen-bond donors (Lipinski definition) is 2. The van der Waals surface area contributed by atoms with Crippen molar-refractivity contribution in [1.82, 2.24) is 10.7 Å². The summed E-state index contributed by atoms with van der Waals surface area (Å²) in [7, 11) is 0. The second-order valence-corrected chi connectivity index (χ2v) is 5.41. The first kappa shape index (κ1) is 13.3. The van der Waals surface area contributed by atoms with E-state index in [1.165, 1.54) is 0 Å². The molecule has 2 amide bonds. The van der Waals surface area contributed by atoms with E-state index in [2.05, 4.69) is 21.9 Å². The van der Waals surface area contributed by atoms with Crippen molar-refractivity contribution >= 4 is 17.5 Å². The molecule has 21 heavy (non-hydrogen) atoms. The highest BCUT2D eigenvalue weighted by atomic mass is 16.2. The number of hydrazone groups is 1. The average molecular weight is 282 g/mol. The molecule has 0 aromatic heterocycles. The molecule has 0 bridgehead atoms. The van der Waals surface area contributed by atoms with Crippen molar-refractivity contribution < 1.29 is 9.59 Å². The summed E-state index contributed by atoms with van der Waals surface area (Å²) in [5, 5.41) is 16.0. The zero-order valence-corrected chi connectivity index (χ0v) is 11.3. The van der Waals surface area contributed by atoms with E-state index in [1.54, 1.807) is 0 Å². The third-order valence-electron chi connectivity index (χ3n) is 3.97. The van der Waals surface area contributed by atoms with Crippen LogP contribution in [0, 0.1) is 11.3 Å². The molecule has 1 fully saturated rings. The van der Waals surface area contributed by atoms with Crippen LogP contribution in [0.25, 0.3) is 0 Å². The maximum Gasteiger partial charge on any atom is 0.268 e. The molecule has 1 heterocycles. The maximum atomic E-state index is 11.9. The van der Waals surface area contributed by atoms with Gasteiger partial charge >= 0.3 is 0 Å². The van der Waals surface area contributed by atoms with E-state index in [1.807, 2.05) is 30.3 Å². The standard InChI is InChI=1S/C15H14N4O2/c16-9-15(10-4-2-1-3-5-10)7-11(8-15)17-14(21)12-6-13(20)19-18-12/h1-5,11H,6-8H2,(H,17,21)(H,19,20). The highest BCUT2D eigenvalue weighted by molar-refractivity contribution is 6.43. The van der Waals surface area contributed by atoms with Gasteiger partial charge in [0, 0.05) is 6.04 Å². The SMILES string of the molecule is N#CC1(c2ccccc2)CC(NC(=O)C2=NNC(=O)C2)C1. The largest absolute Gasteiger partial charge is 0.348 e. The van der Waals surface area contributed by atoms with E-state index in [0.717, 1.165) is 5.56 Å².